The second-order valence-electron chi connectivity index (χ2n) is 5.49. The minimum Gasteiger partial charge on any atom is -0.357 e. The van der Waals surface area contributed by atoms with Gasteiger partial charge in [0.15, 0.2) is 5.96 Å². The third-order valence-corrected chi connectivity index (χ3v) is 3.01. The van der Waals surface area contributed by atoms with Gasteiger partial charge in [-0.2, -0.15) is 0 Å². The minimum absolute atomic E-state index is 0. The largest absolute Gasteiger partial charge is 0.357 e. The summed E-state index contributed by atoms with van der Waals surface area (Å²) in [6, 6.07) is 5.34. The van der Waals surface area contributed by atoms with Crippen molar-refractivity contribution in [1.29, 1.82) is 0 Å². The predicted molar refractivity (Wildman–Crippen MR) is 98.9 cm³/mol. The Balaban J connectivity index is 0.00000400. The Kier molecular flexibility index (Phi) is 9.57. The van der Waals surface area contributed by atoms with E-state index in [0.717, 1.165) is 24.6 Å². The van der Waals surface area contributed by atoms with Gasteiger partial charge in [-0.1, -0.05) is 26.0 Å². The van der Waals surface area contributed by atoms with Gasteiger partial charge in [0.05, 0.1) is 6.04 Å². The van der Waals surface area contributed by atoms with Crippen LogP contribution in [0.2, 0.25) is 0 Å². The van der Waals surface area contributed by atoms with Gasteiger partial charge >= 0.3 is 0 Å². The van der Waals surface area contributed by atoms with E-state index in [1.165, 1.54) is 0 Å². The van der Waals surface area contributed by atoms with E-state index in [1.807, 2.05) is 19.9 Å². The van der Waals surface area contributed by atoms with E-state index in [0.29, 0.717) is 11.5 Å². The smallest absolute Gasteiger partial charge is 0.191 e. The molecule has 0 aliphatic heterocycles. The van der Waals surface area contributed by atoms with Crippen molar-refractivity contribution in [2.75, 3.05) is 13.1 Å². The summed E-state index contributed by atoms with van der Waals surface area (Å²) >= 11 is 0. The molecule has 120 valence electrons. The molecule has 2 N–H and O–H groups in total. The first-order valence-corrected chi connectivity index (χ1v) is 7.25. The van der Waals surface area contributed by atoms with Crippen LogP contribution in [0, 0.1) is 18.7 Å². The van der Waals surface area contributed by atoms with Gasteiger partial charge in [0.25, 0.3) is 0 Å². The van der Waals surface area contributed by atoms with Crippen LogP contribution in [-0.2, 0) is 0 Å². The zero-order valence-corrected chi connectivity index (χ0v) is 15.9. The van der Waals surface area contributed by atoms with E-state index in [1.54, 1.807) is 19.1 Å². The topological polar surface area (TPSA) is 36.4 Å². The molecule has 5 heteroatoms. The van der Waals surface area contributed by atoms with Gasteiger partial charge < -0.3 is 10.6 Å². The highest BCUT2D eigenvalue weighted by Gasteiger charge is 2.09. The predicted octanol–water partition coefficient (Wildman–Crippen LogP) is 4.02. The van der Waals surface area contributed by atoms with Gasteiger partial charge in [0, 0.05) is 13.1 Å². The fourth-order valence-electron chi connectivity index (χ4n) is 1.76. The number of hydrogen-bond acceptors (Lipinski definition) is 1. The van der Waals surface area contributed by atoms with Crippen LogP contribution in [0.15, 0.2) is 23.2 Å². The van der Waals surface area contributed by atoms with Crippen LogP contribution in [0.4, 0.5) is 4.39 Å². The van der Waals surface area contributed by atoms with Crippen LogP contribution >= 0.6 is 24.0 Å². The summed E-state index contributed by atoms with van der Waals surface area (Å²) < 4.78 is 13.6. The minimum atomic E-state index is -0.166. The lowest BCUT2D eigenvalue weighted by atomic mass is 10.1. The molecule has 21 heavy (non-hydrogen) atoms. The molecule has 1 rings (SSSR count). The molecule has 0 radical (unpaired) electrons. The van der Waals surface area contributed by atoms with Crippen molar-refractivity contribution in [2.24, 2.45) is 10.9 Å². The van der Waals surface area contributed by atoms with Gasteiger partial charge in [-0.3, -0.25) is 4.99 Å². The average Bonchev–Trinajstić information content (AvgIpc) is 2.39. The fourth-order valence-corrected chi connectivity index (χ4v) is 1.76. The number of nitrogens with one attached hydrogen (secondary N) is 2. The molecule has 0 spiro atoms. The van der Waals surface area contributed by atoms with Crippen LogP contribution in [0.1, 0.15) is 44.9 Å². The zero-order valence-electron chi connectivity index (χ0n) is 13.5. The second-order valence-corrected chi connectivity index (χ2v) is 5.49. The molecule has 0 fully saturated rings. The first-order chi connectivity index (χ1) is 9.43. The highest BCUT2D eigenvalue weighted by Crippen LogP contribution is 2.16. The van der Waals surface area contributed by atoms with E-state index in [4.69, 9.17) is 0 Å². The quantitative estimate of drug-likeness (QED) is 0.440. The van der Waals surface area contributed by atoms with Crippen molar-refractivity contribution in [2.45, 2.75) is 40.7 Å². The Labute approximate surface area is 144 Å². The summed E-state index contributed by atoms with van der Waals surface area (Å²) in [6.45, 7) is 11.6. The number of aliphatic imine (C=N–C) groups is 1. The van der Waals surface area contributed by atoms with E-state index in [9.17, 15) is 4.39 Å². The number of rotatable bonds is 5. The molecule has 0 saturated carbocycles. The van der Waals surface area contributed by atoms with Crippen molar-refractivity contribution in [3.63, 3.8) is 0 Å². The first kappa shape index (κ1) is 20.1. The summed E-state index contributed by atoms with van der Waals surface area (Å²) in [5.41, 5.74) is 1.59. The molecule has 1 aromatic rings. The van der Waals surface area contributed by atoms with Gasteiger partial charge in [0.2, 0.25) is 0 Å². The normalized spacial score (nSPS) is 12.8. The maximum atomic E-state index is 13.6. The van der Waals surface area contributed by atoms with Crippen molar-refractivity contribution in [3.8, 4) is 0 Å². The molecular formula is C16H27FIN3. The van der Waals surface area contributed by atoms with Gasteiger partial charge in [-0.25, -0.2) is 4.39 Å². The lowest BCUT2D eigenvalue weighted by Crippen LogP contribution is -2.39. The lowest BCUT2D eigenvalue weighted by Gasteiger charge is -2.19. The van der Waals surface area contributed by atoms with Crippen LogP contribution in [0.3, 0.4) is 0 Å². The summed E-state index contributed by atoms with van der Waals surface area (Å²) in [5.74, 6) is 1.12. The Morgan fingerprint density at radius 3 is 2.48 bits per heavy atom. The highest BCUT2D eigenvalue weighted by atomic mass is 127. The Hall–Kier alpha value is -0.850. The monoisotopic (exact) mass is 407 g/mol. The lowest BCUT2D eigenvalue weighted by molar-refractivity contribution is 0.606. The molecule has 1 unspecified atom stereocenters. The molecule has 0 saturated heterocycles. The summed E-state index contributed by atoms with van der Waals surface area (Å²) in [5, 5.41) is 6.52. The number of halogens is 2. The first-order valence-electron chi connectivity index (χ1n) is 7.25. The van der Waals surface area contributed by atoms with E-state index in [-0.39, 0.29) is 35.8 Å². The van der Waals surface area contributed by atoms with Gasteiger partial charge in [-0.15, -0.1) is 24.0 Å². The number of benzene rings is 1. The van der Waals surface area contributed by atoms with Crippen molar-refractivity contribution in [3.05, 3.63) is 35.1 Å². The van der Waals surface area contributed by atoms with E-state index >= 15 is 0 Å². The summed E-state index contributed by atoms with van der Waals surface area (Å²) in [4.78, 5) is 4.52. The summed E-state index contributed by atoms with van der Waals surface area (Å²) in [6.07, 6.45) is 0. The Morgan fingerprint density at radius 1 is 1.29 bits per heavy atom. The fraction of sp³-hybridized carbons (Fsp3) is 0.562. The molecular weight excluding hydrogens is 380 g/mol. The molecule has 0 aliphatic rings. The maximum absolute atomic E-state index is 13.6. The van der Waals surface area contributed by atoms with E-state index < -0.39 is 0 Å². The number of nitrogens with zero attached hydrogens (tertiary/aromatic N) is 1. The molecule has 0 aliphatic carbocycles. The average molecular weight is 407 g/mol. The molecule has 0 aromatic heterocycles. The van der Waals surface area contributed by atoms with Gasteiger partial charge in [-0.05, 0) is 43.9 Å². The van der Waals surface area contributed by atoms with Crippen LogP contribution < -0.4 is 10.6 Å². The van der Waals surface area contributed by atoms with Crippen LogP contribution in [0.5, 0.6) is 0 Å². The summed E-state index contributed by atoms with van der Waals surface area (Å²) in [7, 11) is 0. The number of aryl methyl sites for hydroxylation is 1. The van der Waals surface area contributed by atoms with Crippen molar-refractivity contribution in [1.82, 2.24) is 10.6 Å². The zero-order chi connectivity index (χ0) is 15.1. The molecule has 3 nitrogen and oxygen atoms in total. The van der Waals surface area contributed by atoms with E-state index in [2.05, 4.69) is 29.5 Å². The van der Waals surface area contributed by atoms with Gasteiger partial charge in [0.1, 0.15) is 5.82 Å². The Morgan fingerprint density at radius 2 is 1.95 bits per heavy atom. The number of hydrogen-bond donors (Lipinski definition) is 2. The van der Waals surface area contributed by atoms with Crippen molar-refractivity contribution < 1.29 is 4.39 Å². The highest BCUT2D eigenvalue weighted by molar-refractivity contribution is 14.0. The molecule has 0 heterocycles. The second kappa shape index (κ2) is 9.97. The number of guanidine groups is 1. The van der Waals surface area contributed by atoms with Crippen LogP contribution in [-0.4, -0.2) is 19.0 Å². The molecule has 1 aromatic carbocycles. The third kappa shape index (κ3) is 7.11. The molecule has 0 bridgehead atoms. The Bertz CT molecular complexity index is 461. The SMILES string of the molecule is CCNC(=NCC(C)C)NC(C)c1ccc(C)c(F)c1.I. The molecule has 0 amide bonds. The van der Waals surface area contributed by atoms with Crippen LogP contribution in [0.25, 0.3) is 0 Å². The molecule has 1 atom stereocenters. The standard InChI is InChI=1S/C16H26FN3.HI/c1-6-18-16(19-10-11(2)3)20-13(5)14-8-7-12(4)15(17)9-14;/h7-9,11,13H,6,10H2,1-5H3,(H2,18,19,20);1H. The third-order valence-electron chi connectivity index (χ3n) is 3.01. The maximum Gasteiger partial charge on any atom is 0.191 e. The van der Waals surface area contributed by atoms with Crippen molar-refractivity contribution >= 4 is 29.9 Å².